The first-order valence-corrected chi connectivity index (χ1v) is 7.63. The molecular weight excluding hydrogens is 324 g/mol. The Morgan fingerprint density at radius 2 is 1.92 bits per heavy atom. The monoisotopic (exact) mass is 342 g/mol. The molecule has 1 atom stereocenters. The number of methoxy groups -OCH3 is 1. The largest absolute Gasteiger partial charge is 0.497 e. The normalized spacial score (nSPS) is 11.4. The zero-order valence-electron chi connectivity index (χ0n) is 13.6. The molecule has 130 valence electrons. The first-order valence-electron chi connectivity index (χ1n) is 7.63. The molecule has 2 N–H and O–H groups in total. The summed E-state index contributed by atoms with van der Waals surface area (Å²) in [6, 6.07) is 12.6. The van der Waals surface area contributed by atoms with Gasteiger partial charge in [0.25, 0.3) is 5.91 Å². The number of hydrogen-bond donors (Lipinski definition) is 2. The molecule has 0 aliphatic rings. The minimum atomic E-state index is -0.976. The van der Waals surface area contributed by atoms with E-state index >= 15 is 0 Å². The second-order valence-corrected chi connectivity index (χ2v) is 5.36. The van der Waals surface area contributed by atoms with Crippen LogP contribution in [-0.2, 0) is 4.79 Å². The number of aliphatic carboxylic acids is 1. The van der Waals surface area contributed by atoms with Gasteiger partial charge in [0.15, 0.2) is 0 Å². The maximum atomic E-state index is 12.2. The molecule has 0 bridgehead atoms. The number of nitroso groups, excluding NO2 is 1. The van der Waals surface area contributed by atoms with Crippen LogP contribution in [0.1, 0.15) is 34.8 Å². The van der Waals surface area contributed by atoms with E-state index in [9.17, 15) is 14.5 Å². The minimum Gasteiger partial charge on any atom is -0.497 e. The topological polar surface area (TPSA) is 105 Å². The second kappa shape index (κ2) is 8.58. The lowest BCUT2D eigenvalue weighted by Crippen LogP contribution is -2.12. The number of hydrogen-bond acceptors (Lipinski definition) is 5. The zero-order valence-corrected chi connectivity index (χ0v) is 13.6. The Kier molecular flexibility index (Phi) is 6.22. The molecule has 0 saturated carbocycles. The fourth-order valence-corrected chi connectivity index (χ4v) is 2.30. The summed E-state index contributed by atoms with van der Waals surface area (Å²) < 4.78 is 5.09. The van der Waals surface area contributed by atoms with E-state index in [1.165, 1.54) is 7.11 Å². The van der Waals surface area contributed by atoms with Gasteiger partial charge in [-0.2, -0.15) is 4.91 Å². The second-order valence-electron chi connectivity index (χ2n) is 5.36. The number of carbonyl (C=O) groups excluding carboxylic acids is 1. The number of benzene rings is 2. The lowest BCUT2D eigenvalue weighted by Gasteiger charge is -2.10. The van der Waals surface area contributed by atoms with Crippen LogP contribution in [0.15, 0.2) is 53.7 Å². The van der Waals surface area contributed by atoms with E-state index in [1.54, 1.807) is 48.5 Å². The first kappa shape index (κ1) is 18.1. The van der Waals surface area contributed by atoms with Crippen LogP contribution in [-0.4, -0.2) is 24.1 Å². The van der Waals surface area contributed by atoms with Gasteiger partial charge in [0.1, 0.15) is 11.8 Å². The number of ether oxygens (including phenoxy) is 1. The van der Waals surface area contributed by atoms with Crippen LogP contribution in [0, 0.1) is 4.91 Å². The average molecular weight is 342 g/mol. The highest BCUT2D eigenvalue weighted by Crippen LogP contribution is 2.24. The molecule has 0 saturated heterocycles. The highest BCUT2D eigenvalue weighted by Gasteiger charge is 2.14. The summed E-state index contributed by atoms with van der Waals surface area (Å²) in [7, 11) is 1.53. The summed E-state index contributed by atoms with van der Waals surface area (Å²) in [4.78, 5) is 33.7. The van der Waals surface area contributed by atoms with Gasteiger partial charge in [-0.3, -0.25) is 9.59 Å². The number of carboxylic acids is 1. The van der Waals surface area contributed by atoms with Crippen LogP contribution < -0.4 is 10.1 Å². The predicted molar refractivity (Wildman–Crippen MR) is 92.8 cm³/mol. The van der Waals surface area contributed by atoms with E-state index < -0.39 is 12.0 Å². The van der Waals surface area contributed by atoms with Gasteiger partial charge in [0, 0.05) is 17.7 Å². The van der Waals surface area contributed by atoms with E-state index in [2.05, 4.69) is 10.5 Å². The molecular formula is C18H18N2O5. The van der Waals surface area contributed by atoms with Crippen LogP contribution in [0.4, 0.5) is 5.69 Å². The number of rotatable bonds is 8. The number of carboxylic acid groups (broad SMARTS) is 1. The van der Waals surface area contributed by atoms with Crippen LogP contribution >= 0.6 is 0 Å². The van der Waals surface area contributed by atoms with Gasteiger partial charge >= 0.3 is 5.97 Å². The van der Waals surface area contributed by atoms with E-state index in [0.29, 0.717) is 22.6 Å². The van der Waals surface area contributed by atoms with Gasteiger partial charge in [-0.1, -0.05) is 23.4 Å². The molecule has 0 radical (unpaired) electrons. The standard InChI is InChI=1S/C18H18N2O5/c1-25-15-4-2-3-13(11-15)18(23)19-14-7-5-12(6-8-14)16(20-24)9-10-17(21)22/h2-8,11,16H,9-10H2,1H3,(H,19,23)(H,21,22). The summed E-state index contributed by atoms with van der Waals surface area (Å²) in [6.45, 7) is 0. The average Bonchev–Trinajstić information content (AvgIpc) is 2.63. The van der Waals surface area contributed by atoms with Gasteiger partial charge in [-0.05, 0) is 42.3 Å². The quantitative estimate of drug-likeness (QED) is 0.713. The maximum absolute atomic E-state index is 12.2. The Labute approximate surface area is 144 Å². The van der Waals surface area contributed by atoms with E-state index in [0.717, 1.165) is 0 Å². The predicted octanol–water partition coefficient (Wildman–Crippen LogP) is 3.62. The number of amides is 1. The smallest absolute Gasteiger partial charge is 0.303 e. The lowest BCUT2D eigenvalue weighted by atomic mass is 10.0. The van der Waals surface area contributed by atoms with Gasteiger partial charge in [0.05, 0.1) is 7.11 Å². The van der Waals surface area contributed by atoms with Crippen LogP contribution in [0.5, 0.6) is 5.75 Å². The fraction of sp³-hybridized carbons (Fsp3) is 0.222. The van der Waals surface area contributed by atoms with Crippen molar-refractivity contribution >= 4 is 17.6 Å². The number of nitrogens with one attached hydrogen (secondary N) is 1. The Morgan fingerprint density at radius 1 is 1.20 bits per heavy atom. The summed E-state index contributed by atoms with van der Waals surface area (Å²) in [5.41, 5.74) is 1.62. The van der Waals surface area contributed by atoms with Crippen molar-refractivity contribution in [2.45, 2.75) is 18.9 Å². The van der Waals surface area contributed by atoms with E-state index in [-0.39, 0.29) is 18.7 Å². The highest BCUT2D eigenvalue weighted by molar-refractivity contribution is 6.04. The summed E-state index contributed by atoms with van der Waals surface area (Å²) in [5, 5.41) is 14.4. The molecule has 0 aliphatic carbocycles. The van der Waals surface area contributed by atoms with Crippen LogP contribution in [0.2, 0.25) is 0 Å². The van der Waals surface area contributed by atoms with Crippen LogP contribution in [0.25, 0.3) is 0 Å². The lowest BCUT2D eigenvalue weighted by molar-refractivity contribution is -0.137. The third-order valence-electron chi connectivity index (χ3n) is 3.64. The summed E-state index contributed by atoms with van der Waals surface area (Å²) >= 11 is 0. The molecule has 1 amide bonds. The van der Waals surface area contributed by atoms with Crippen molar-refractivity contribution in [3.05, 3.63) is 64.6 Å². The van der Waals surface area contributed by atoms with E-state index in [4.69, 9.17) is 9.84 Å². The zero-order chi connectivity index (χ0) is 18.2. The van der Waals surface area contributed by atoms with Crippen molar-refractivity contribution in [2.24, 2.45) is 5.18 Å². The van der Waals surface area contributed by atoms with E-state index in [1.807, 2.05) is 0 Å². The molecule has 0 aromatic heterocycles. The number of nitrogens with zero attached hydrogens (tertiary/aromatic N) is 1. The molecule has 0 spiro atoms. The molecule has 0 fully saturated rings. The Bertz CT molecular complexity index is 758. The van der Waals surface area contributed by atoms with Crippen molar-refractivity contribution in [2.75, 3.05) is 12.4 Å². The number of anilines is 1. The van der Waals surface area contributed by atoms with Crippen molar-refractivity contribution in [3.8, 4) is 5.75 Å². The van der Waals surface area contributed by atoms with Crippen LogP contribution in [0.3, 0.4) is 0 Å². The van der Waals surface area contributed by atoms with Gasteiger partial charge < -0.3 is 15.2 Å². The maximum Gasteiger partial charge on any atom is 0.303 e. The van der Waals surface area contributed by atoms with Crippen molar-refractivity contribution < 1.29 is 19.4 Å². The molecule has 25 heavy (non-hydrogen) atoms. The van der Waals surface area contributed by atoms with Crippen molar-refractivity contribution in [3.63, 3.8) is 0 Å². The Hall–Kier alpha value is -3.22. The fourth-order valence-electron chi connectivity index (χ4n) is 2.30. The van der Waals surface area contributed by atoms with Gasteiger partial charge in [0.2, 0.25) is 0 Å². The minimum absolute atomic E-state index is 0.133. The Balaban J connectivity index is 2.05. The summed E-state index contributed by atoms with van der Waals surface area (Å²) in [5.74, 6) is -0.681. The molecule has 0 aliphatic heterocycles. The molecule has 7 heteroatoms. The van der Waals surface area contributed by atoms with Crippen molar-refractivity contribution in [1.82, 2.24) is 0 Å². The number of carbonyl (C=O) groups is 2. The van der Waals surface area contributed by atoms with Gasteiger partial charge in [-0.25, -0.2) is 0 Å². The molecule has 2 aromatic rings. The highest BCUT2D eigenvalue weighted by atomic mass is 16.5. The third kappa shape index (κ3) is 5.13. The van der Waals surface area contributed by atoms with Crippen molar-refractivity contribution in [1.29, 1.82) is 0 Å². The Morgan fingerprint density at radius 3 is 2.52 bits per heavy atom. The van der Waals surface area contributed by atoms with Gasteiger partial charge in [-0.15, -0.1) is 0 Å². The third-order valence-corrected chi connectivity index (χ3v) is 3.64. The summed E-state index contributed by atoms with van der Waals surface area (Å²) in [6.07, 6.45) is -0.000910. The molecule has 2 rings (SSSR count). The molecule has 0 heterocycles. The molecule has 1 unspecified atom stereocenters. The SMILES string of the molecule is COc1cccc(C(=O)Nc2ccc(C(CCC(=O)O)N=O)cc2)c1. The molecule has 7 nitrogen and oxygen atoms in total. The first-order chi connectivity index (χ1) is 12.0. The molecule has 2 aromatic carbocycles.